The number of aliphatic hydroxyl groups is 1. The molecule has 6 rings (SSSR count). The van der Waals surface area contributed by atoms with E-state index in [2.05, 4.69) is 0 Å². The van der Waals surface area contributed by atoms with Crippen molar-refractivity contribution in [3.63, 3.8) is 0 Å². The van der Waals surface area contributed by atoms with Crippen molar-refractivity contribution in [2.45, 2.75) is 32.1 Å². The van der Waals surface area contributed by atoms with Crippen molar-refractivity contribution < 1.29 is 38.9 Å². The minimum absolute atomic E-state index is 0.0333. The van der Waals surface area contributed by atoms with Gasteiger partial charge in [-0.1, -0.05) is 48.0 Å². The fraction of sp³-hybridized carbons (Fsp3) is 0.406. The van der Waals surface area contributed by atoms with Gasteiger partial charge in [0, 0.05) is 18.0 Å². The van der Waals surface area contributed by atoms with Crippen LogP contribution in [0.1, 0.15) is 37.7 Å². The van der Waals surface area contributed by atoms with E-state index in [9.17, 15) is 34.2 Å². The molecule has 0 bridgehead atoms. The number of carboxylic acids is 1. The number of allylic oxidation sites excluding steroid dienone is 2. The molecule has 0 spiro atoms. The highest BCUT2D eigenvalue weighted by Gasteiger charge is 2.67. The zero-order valence-corrected chi connectivity index (χ0v) is 23.1. The molecular weight excluding hydrogens is 540 g/mol. The molecule has 6 atom stereocenters. The van der Waals surface area contributed by atoms with Crippen LogP contribution in [0.5, 0.6) is 5.75 Å². The van der Waals surface area contributed by atoms with Gasteiger partial charge in [-0.05, 0) is 43.9 Å². The first-order chi connectivity index (χ1) is 20.2. The van der Waals surface area contributed by atoms with E-state index in [1.807, 2.05) is 18.2 Å². The van der Waals surface area contributed by atoms with E-state index < -0.39 is 52.8 Å². The quantitative estimate of drug-likeness (QED) is 0.363. The van der Waals surface area contributed by atoms with Gasteiger partial charge in [0.05, 0.1) is 41.9 Å². The average molecular weight is 573 g/mol. The number of aliphatic hydroxyl groups excluding tert-OH is 1. The number of carbonyl (C=O) groups is 5. The number of ether oxygens (including phenoxy) is 1. The van der Waals surface area contributed by atoms with Crippen LogP contribution in [0.3, 0.4) is 0 Å². The van der Waals surface area contributed by atoms with Crippen LogP contribution in [-0.2, 0) is 24.0 Å². The number of aliphatic carboxylic acids is 1. The van der Waals surface area contributed by atoms with Gasteiger partial charge in [0.15, 0.2) is 0 Å². The third-order valence-electron chi connectivity index (χ3n) is 9.51. The van der Waals surface area contributed by atoms with Crippen LogP contribution >= 0.6 is 0 Å². The van der Waals surface area contributed by atoms with Gasteiger partial charge in [0.25, 0.3) is 0 Å². The number of hydrogen-bond acceptors (Lipinski definition) is 7. The molecule has 2 aliphatic carbocycles. The first kappa shape index (κ1) is 27.8. The number of amides is 4. The summed E-state index contributed by atoms with van der Waals surface area (Å²) in [6.07, 6.45) is 2.07. The molecule has 10 heteroatoms. The summed E-state index contributed by atoms with van der Waals surface area (Å²) in [6.45, 7) is 1.42. The van der Waals surface area contributed by atoms with Gasteiger partial charge in [0.2, 0.25) is 23.6 Å². The molecule has 3 fully saturated rings. The molecule has 10 nitrogen and oxygen atoms in total. The zero-order chi connectivity index (χ0) is 29.8. The van der Waals surface area contributed by atoms with Crippen molar-refractivity contribution in [2.75, 3.05) is 24.7 Å². The summed E-state index contributed by atoms with van der Waals surface area (Å²) in [5, 5.41) is 18.6. The summed E-state index contributed by atoms with van der Waals surface area (Å²) in [4.78, 5) is 69.1. The molecule has 2 aromatic carbocycles. The molecule has 2 saturated heterocycles. The normalized spacial score (nSPS) is 30.1. The van der Waals surface area contributed by atoms with Crippen molar-refractivity contribution in [3.8, 4) is 5.75 Å². The van der Waals surface area contributed by atoms with Gasteiger partial charge in [-0.15, -0.1) is 0 Å². The molecule has 0 radical (unpaired) electrons. The third kappa shape index (κ3) is 4.07. The Hall–Kier alpha value is -4.31. The highest BCUT2D eigenvalue weighted by atomic mass is 16.5. The molecule has 0 aromatic heterocycles. The smallest absolute Gasteiger partial charge is 0.305 e. The Bertz CT molecular complexity index is 1500. The van der Waals surface area contributed by atoms with E-state index in [0.29, 0.717) is 17.0 Å². The minimum atomic E-state index is -1.21. The fourth-order valence-electron chi connectivity index (χ4n) is 7.68. The Morgan fingerprint density at radius 2 is 1.69 bits per heavy atom. The second kappa shape index (κ2) is 10.5. The summed E-state index contributed by atoms with van der Waals surface area (Å²) < 4.78 is 5.91. The highest BCUT2D eigenvalue weighted by molar-refractivity contribution is 6.24. The van der Waals surface area contributed by atoms with Crippen LogP contribution in [0.2, 0.25) is 0 Å². The van der Waals surface area contributed by atoms with Gasteiger partial charge in [0.1, 0.15) is 12.4 Å². The van der Waals surface area contributed by atoms with Crippen LogP contribution in [-0.4, -0.2) is 64.5 Å². The number of imide groups is 2. The summed E-state index contributed by atoms with van der Waals surface area (Å²) in [5.74, 6) is -5.47. The number of fused-ring (bicyclic) bond motifs is 4. The molecule has 4 aliphatic rings. The van der Waals surface area contributed by atoms with Crippen LogP contribution in [0, 0.1) is 29.1 Å². The minimum Gasteiger partial charge on any atom is -0.491 e. The van der Waals surface area contributed by atoms with Crippen molar-refractivity contribution in [3.05, 3.63) is 71.8 Å². The second-order valence-electron chi connectivity index (χ2n) is 11.6. The number of para-hydroxylation sites is 2. The summed E-state index contributed by atoms with van der Waals surface area (Å²) in [7, 11) is 0. The average Bonchev–Trinajstić information content (AvgIpc) is 3.34. The number of nitrogens with zero attached hydrogens (tertiary/aromatic N) is 2. The monoisotopic (exact) mass is 572 g/mol. The van der Waals surface area contributed by atoms with Crippen molar-refractivity contribution in [1.29, 1.82) is 0 Å². The Balaban J connectivity index is 1.49. The molecule has 2 aliphatic heterocycles. The number of benzene rings is 2. The molecule has 0 unspecified atom stereocenters. The number of rotatable bonds is 8. The Morgan fingerprint density at radius 3 is 2.40 bits per heavy atom. The molecule has 2 heterocycles. The third-order valence-corrected chi connectivity index (χ3v) is 9.51. The zero-order valence-electron chi connectivity index (χ0n) is 23.1. The van der Waals surface area contributed by atoms with Gasteiger partial charge >= 0.3 is 5.97 Å². The Labute approximate surface area is 242 Å². The first-order valence-corrected chi connectivity index (χ1v) is 14.2. The Kier molecular flexibility index (Phi) is 6.97. The molecule has 4 amide bonds. The van der Waals surface area contributed by atoms with Crippen LogP contribution < -0.4 is 9.64 Å². The van der Waals surface area contributed by atoms with E-state index in [1.165, 1.54) is 4.90 Å². The van der Waals surface area contributed by atoms with E-state index in [0.717, 1.165) is 10.5 Å². The van der Waals surface area contributed by atoms with E-state index in [-0.39, 0.29) is 50.8 Å². The predicted molar refractivity (Wildman–Crippen MR) is 149 cm³/mol. The lowest BCUT2D eigenvalue weighted by Crippen LogP contribution is -2.49. The molecule has 2 aromatic rings. The van der Waals surface area contributed by atoms with Crippen LogP contribution in [0.25, 0.3) is 0 Å². The maximum atomic E-state index is 14.4. The molecule has 2 N–H and O–H groups in total. The first-order valence-electron chi connectivity index (χ1n) is 14.2. The van der Waals surface area contributed by atoms with Crippen LogP contribution in [0.15, 0.2) is 66.2 Å². The topological polar surface area (TPSA) is 142 Å². The molecule has 1 saturated carbocycles. The van der Waals surface area contributed by atoms with E-state index >= 15 is 0 Å². The van der Waals surface area contributed by atoms with Crippen LogP contribution in [0.4, 0.5) is 5.69 Å². The number of likely N-dealkylation sites (tertiary alicyclic amines) is 1. The number of carbonyl (C=O) groups excluding carboxylic acids is 4. The summed E-state index contributed by atoms with van der Waals surface area (Å²) >= 11 is 0. The largest absolute Gasteiger partial charge is 0.491 e. The van der Waals surface area contributed by atoms with Crippen molar-refractivity contribution in [2.24, 2.45) is 29.1 Å². The lowest BCUT2D eigenvalue weighted by molar-refractivity contribution is -0.142. The summed E-state index contributed by atoms with van der Waals surface area (Å²) in [6, 6.07) is 16.0. The number of carboxylic acid groups (broad SMARTS) is 1. The predicted octanol–water partition coefficient (Wildman–Crippen LogP) is 2.76. The standard InChI is InChI=1S/C32H32N2O8/c1-32-23(29(39)34(31(32)41)18-7-3-2-4-8-18)17-22-19(27(32)20-9-5-6-10-24(20)42-16-15-35)11-12-21-26(22)30(40)33(28(21)38)14-13-25(36)37/h2-11,21-23,26-27,35H,12-17H2,1H3,(H,36,37)/t21-,22+,23-,26-,27+,32+/m0/s1. The highest BCUT2D eigenvalue weighted by Crippen LogP contribution is 2.64. The lowest BCUT2D eigenvalue weighted by atomic mass is 9.51. The molecule has 218 valence electrons. The maximum Gasteiger partial charge on any atom is 0.305 e. The van der Waals surface area contributed by atoms with Gasteiger partial charge in [-0.25, -0.2) is 4.90 Å². The van der Waals surface area contributed by atoms with Gasteiger partial charge in [-0.3, -0.25) is 28.9 Å². The lowest BCUT2D eigenvalue weighted by Gasteiger charge is -2.49. The Morgan fingerprint density at radius 1 is 0.976 bits per heavy atom. The van der Waals surface area contributed by atoms with Gasteiger partial charge in [-0.2, -0.15) is 0 Å². The van der Waals surface area contributed by atoms with E-state index in [1.54, 1.807) is 49.4 Å². The second-order valence-corrected chi connectivity index (χ2v) is 11.6. The molecule has 42 heavy (non-hydrogen) atoms. The SMILES string of the molecule is C[C@@]12C(=O)N(c3ccccc3)C(=O)[C@@H]1C[C@@H]1C(=CC[C@@H]3C(=O)N(CCC(=O)O)C(=O)[C@@H]31)[C@@H]2c1ccccc1OCCO. The van der Waals surface area contributed by atoms with Crippen molar-refractivity contribution in [1.82, 2.24) is 4.90 Å². The van der Waals surface area contributed by atoms with E-state index in [4.69, 9.17) is 4.74 Å². The number of anilines is 1. The maximum absolute atomic E-state index is 14.4. The summed E-state index contributed by atoms with van der Waals surface area (Å²) in [5.41, 5.74) is 0.736. The molecular formula is C32H32N2O8. The number of hydrogen-bond donors (Lipinski definition) is 2. The van der Waals surface area contributed by atoms with Crippen molar-refractivity contribution >= 4 is 35.3 Å². The fourth-order valence-corrected chi connectivity index (χ4v) is 7.68. The van der Waals surface area contributed by atoms with Gasteiger partial charge < -0.3 is 14.9 Å².